The van der Waals surface area contributed by atoms with Gasteiger partial charge < -0.3 is 36.6 Å². The molecule has 0 aromatic rings. The highest BCUT2D eigenvalue weighted by Crippen LogP contribution is 2.05. The Morgan fingerprint density at radius 1 is 0.912 bits per heavy atom. The molecule has 4 amide bonds. The zero-order valence-corrected chi connectivity index (χ0v) is 20.3. The van der Waals surface area contributed by atoms with Gasteiger partial charge in [-0.3, -0.25) is 24.0 Å². The molecule has 4 atom stereocenters. The minimum absolute atomic E-state index is 0.0381. The molecule has 0 aliphatic carbocycles. The van der Waals surface area contributed by atoms with Crippen molar-refractivity contribution in [1.82, 2.24) is 16.0 Å². The second-order valence-electron chi connectivity index (χ2n) is 8.19. The predicted molar refractivity (Wildman–Crippen MR) is 123 cm³/mol. The lowest BCUT2D eigenvalue weighted by atomic mass is 10.1. The molecule has 12 nitrogen and oxygen atoms in total. The molecule has 0 saturated carbocycles. The number of aliphatic hydroxyl groups is 1. The number of amides is 4. The van der Waals surface area contributed by atoms with Crippen LogP contribution in [0.5, 0.6) is 0 Å². The van der Waals surface area contributed by atoms with Crippen LogP contribution in [0.25, 0.3) is 0 Å². The molecule has 0 fully saturated rings. The number of aliphatic hydroxyl groups excluding tert-OH is 1. The Morgan fingerprint density at radius 3 is 2.15 bits per heavy atom. The van der Waals surface area contributed by atoms with Gasteiger partial charge in [0.25, 0.3) is 0 Å². The highest BCUT2D eigenvalue weighted by molar-refractivity contribution is 5.92. The summed E-state index contributed by atoms with van der Waals surface area (Å²) in [5.74, 6) is -3.42. The van der Waals surface area contributed by atoms with Gasteiger partial charge >= 0.3 is 5.97 Å². The predicted octanol–water partition coefficient (Wildman–Crippen LogP) is -0.431. The average molecular weight is 489 g/mol. The van der Waals surface area contributed by atoms with E-state index in [4.69, 9.17) is 20.7 Å². The number of carbonyl (C=O) groups excluding carboxylic acids is 4. The largest absolute Gasteiger partial charge is 0.481 e. The SMILES string of the molecule is CCCCCC(=O)N[C@@H](CCCO)CO[C@@H](C)C(=O)N[C@@H](C)C(=O)N[C@H](CCC(=O)O)C(N)=O. The van der Waals surface area contributed by atoms with Crippen molar-refractivity contribution < 1.29 is 38.9 Å². The first-order valence-corrected chi connectivity index (χ1v) is 11.6. The normalized spacial score (nSPS) is 14.4. The summed E-state index contributed by atoms with van der Waals surface area (Å²) >= 11 is 0. The van der Waals surface area contributed by atoms with Crippen molar-refractivity contribution in [1.29, 1.82) is 0 Å². The number of primary amides is 1. The number of hydrogen-bond donors (Lipinski definition) is 6. The molecule has 0 aromatic heterocycles. The maximum absolute atomic E-state index is 12.4. The molecule has 0 aliphatic rings. The molecule has 0 aromatic carbocycles. The third-order valence-electron chi connectivity index (χ3n) is 5.06. The van der Waals surface area contributed by atoms with E-state index in [0.29, 0.717) is 19.3 Å². The Bertz CT molecular complexity index is 673. The van der Waals surface area contributed by atoms with E-state index in [0.717, 1.165) is 19.3 Å². The van der Waals surface area contributed by atoms with E-state index in [9.17, 15) is 24.0 Å². The average Bonchev–Trinajstić information content (AvgIpc) is 2.77. The van der Waals surface area contributed by atoms with Gasteiger partial charge in [0.05, 0.1) is 12.6 Å². The van der Waals surface area contributed by atoms with E-state index in [1.54, 1.807) is 0 Å². The van der Waals surface area contributed by atoms with Gasteiger partial charge in [0.15, 0.2) is 0 Å². The van der Waals surface area contributed by atoms with Crippen LogP contribution in [0.1, 0.15) is 72.1 Å². The van der Waals surface area contributed by atoms with E-state index >= 15 is 0 Å². The number of carboxylic acid groups (broad SMARTS) is 1. The number of nitrogens with one attached hydrogen (secondary N) is 3. The molecule has 0 aliphatic heterocycles. The van der Waals surface area contributed by atoms with E-state index in [1.165, 1.54) is 13.8 Å². The standard InChI is InChI=1S/C22H40N4O8/c1-4-5-6-9-18(28)25-16(8-7-12-27)13-34-15(3)22(33)24-14(2)21(32)26-17(20(23)31)10-11-19(29)30/h14-17,27H,4-13H2,1-3H3,(H2,23,31)(H,24,33)(H,25,28)(H,26,32)(H,29,30)/t14-,15-,16-,17+/m0/s1. The number of ether oxygens (including phenoxy) is 1. The molecule has 0 bridgehead atoms. The Kier molecular flexibility index (Phi) is 16.3. The molecule has 0 unspecified atom stereocenters. The van der Waals surface area contributed by atoms with Crippen molar-refractivity contribution in [3.05, 3.63) is 0 Å². The molecule has 196 valence electrons. The lowest BCUT2D eigenvalue weighted by Crippen LogP contribution is -2.53. The summed E-state index contributed by atoms with van der Waals surface area (Å²) in [5.41, 5.74) is 5.19. The second kappa shape index (κ2) is 17.7. The molecule has 0 radical (unpaired) electrons. The number of unbranched alkanes of at least 4 members (excludes halogenated alkanes) is 2. The summed E-state index contributed by atoms with van der Waals surface area (Å²) in [7, 11) is 0. The number of nitrogens with two attached hydrogens (primary N) is 1. The van der Waals surface area contributed by atoms with Crippen molar-refractivity contribution in [3.63, 3.8) is 0 Å². The third-order valence-corrected chi connectivity index (χ3v) is 5.06. The molecular weight excluding hydrogens is 448 g/mol. The topological polar surface area (TPSA) is 197 Å². The quantitative estimate of drug-likeness (QED) is 0.132. The summed E-state index contributed by atoms with van der Waals surface area (Å²) in [6.45, 7) is 4.94. The zero-order valence-electron chi connectivity index (χ0n) is 20.3. The summed E-state index contributed by atoms with van der Waals surface area (Å²) < 4.78 is 5.57. The van der Waals surface area contributed by atoms with Crippen LogP contribution in [0, 0.1) is 0 Å². The van der Waals surface area contributed by atoms with Gasteiger partial charge in [-0.15, -0.1) is 0 Å². The second-order valence-corrected chi connectivity index (χ2v) is 8.19. The van der Waals surface area contributed by atoms with Crippen molar-refractivity contribution in [2.75, 3.05) is 13.2 Å². The van der Waals surface area contributed by atoms with Gasteiger partial charge in [0.1, 0.15) is 18.2 Å². The van der Waals surface area contributed by atoms with Gasteiger partial charge in [-0.25, -0.2) is 0 Å². The molecule has 0 rings (SSSR count). The van der Waals surface area contributed by atoms with Crippen LogP contribution in [0.15, 0.2) is 0 Å². The summed E-state index contributed by atoms with van der Waals surface area (Å²) in [6.07, 6.45) is 2.60. The van der Waals surface area contributed by atoms with E-state index in [-0.39, 0.29) is 38.0 Å². The van der Waals surface area contributed by atoms with Crippen LogP contribution >= 0.6 is 0 Å². The number of rotatable bonds is 19. The van der Waals surface area contributed by atoms with Crippen LogP contribution in [-0.4, -0.2) is 77.3 Å². The van der Waals surface area contributed by atoms with Gasteiger partial charge in [0, 0.05) is 19.4 Å². The van der Waals surface area contributed by atoms with E-state index in [1.807, 2.05) is 6.92 Å². The number of hydrogen-bond acceptors (Lipinski definition) is 7. The zero-order chi connectivity index (χ0) is 26.1. The highest BCUT2D eigenvalue weighted by Gasteiger charge is 2.25. The van der Waals surface area contributed by atoms with E-state index < -0.39 is 41.9 Å². The van der Waals surface area contributed by atoms with Crippen LogP contribution in [0.2, 0.25) is 0 Å². The van der Waals surface area contributed by atoms with Gasteiger partial charge in [-0.1, -0.05) is 19.8 Å². The summed E-state index contributed by atoms with van der Waals surface area (Å²) in [6, 6.07) is -2.58. The molecular formula is C22H40N4O8. The first-order chi connectivity index (χ1) is 16.0. The first-order valence-electron chi connectivity index (χ1n) is 11.6. The monoisotopic (exact) mass is 488 g/mol. The fourth-order valence-electron chi connectivity index (χ4n) is 2.95. The van der Waals surface area contributed by atoms with Crippen LogP contribution < -0.4 is 21.7 Å². The Balaban J connectivity index is 4.69. The first kappa shape index (κ1) is 31.3. The molecule has 7 N–H and O–H groups in total. The van der Waals surface area contributed by atoms with Gasteiger partial charge in [-0.05, 0) is 39.5 Å². The number of carbonyl (C=O) groups is 5. The van der Waals surface area contributed by atoms with Crippen molar-refractivity contribution >= 4 is 29.6 Å². The molecule has 0 spiro atoms. The van der Waals surface area contributed by atoms with Crippen molar-refractivity contribution in [2.45, 2.75) is 96.4 Å². The van der Waals surface area contributed by atoms with Crippen LogP contribution in [-0.2, 0) is 28.7 Å². The fourth-order valence-corrected chi connectivity index (χ4v) is 2.95. The van der Waals surface area contributed by atoms with Crippen LogP contribution in [0.3, 0.4) is 0 Å². The Morgan fingerprint density at radius 2 is 1.59 bits per heavy atom. The van der Waals surface area contributed by atoms with Crippen molar-refractivity contribution in [3.8, 4) is 0 Å². The Labute approximate surface area is 200 Å². The molecule has 0 heterocycles. The van der Waals surface area contributed by atoms with Gasteiger partial charge in [-0.2, -0.15) is 0 Å². The lowest BCUT2D eigenvalue weighted by molar-refractivity contribution is -0.138. The van der Waals surface area contributed by atoms with Crippen LogP contribution in [0.4, 0.5) is 0 Å². The molecule has 0 saturated heterocycles. The summed E-state index contributed by atoms with van der Waals surface area (Å²) in [5, 5.41) is 25.5. The van der Waals surface area contributed by atoms with E-state index in [2.05, 4.69) is 16.0 Å². The minimum atomic E-state index is -1.18. The lowest BCUT2D eigenvalue weighted by Gasteiger charge is -2.23. The maximum Gasteiger partial charge on any atom is 0.303 e. The summed E-state index contributed by atoms with van der Waals surface area (Å²) in [4.78, 5) is 58.9. The third kappa shape index (κ3) is 14.4. The fraction of sp³-hybridized carbons (Fsp3) is 0.773. The smallest absolute Gasteiger partial charge is 0.303 e. The van der Waals surface area contributed by atoms with Crippen molar-refractivity contribution in [2.24, 2.45) is 5.73 Å². The Hall–Kier alpha value is -2.73. The minimum Gasteiger partial charge on any atom is -0.481 e. The maximum atomic E-state index is 12.4. The number of aliphatic carboxylic acids is 1. The molecule has 12 heteroatoms. The number of carboxylic acids is 1. The highest BCUT2D eigenvalue weighted by atomic mass is 16.5. The molecule has 34 heavy (non-hydrogen) atoms. The van der Waals surface area contributed by atoms with Gasteiger partial charge in [0.2, 0.25) is 23.6 Å².